The molecule has 10 aromatic carbocycles. The highest BCUT2D eigenvalue weighted by atomic mass is 32.1. The van der Waals surface area contributed by atoms with E-state index in [0.717, 1.165) is 110 Å². The Balaban J connectivity index is 1.12. The molecule has 0 bridgehead atoms. The third-order valence-electron chi connectivity index (χ3n) is 15.1. The van der Waals surface area contributed by atoms with Gasteiger partial charge >= 0.3 is 0 Å². The van der Waals surface area contributed by atoms with Crippen molar-refractivity contribution < 1.29 is 0 Å². The number of anilines is 6. The summed E-state index contributed by atoms with van der Waals surface area (Å²) < 4.78 is 12.8. The Morgan fingerprint density at radius 3 is 1.34 bits per heavy atom. The van der Waals surface area contributed by atoms with Crippen molar-refractivity contribution in [3.63, 3.8) is 0 Å². The van der Waals surface area contributed by atoms with Gasteiger partial charge in [-0.05, 0) is 121 Å². The van der Waals surface area contributed by atoms with Crippen LogP contribution in [0, 0.1) is 0 Å². The summed E-state index contributed by atoms with van der Waals surface area (Å²) in [5, 5.41) is 0. The maximum atomic E-state index is 5.64. The average Bonchev–Trinajstić information content (AvgIpc) is 3.69. The molecule has 0 aliphatic rings. The first-order valence-corrected chi connectivity index (χ1v) is 27.4. The minimum absolute atomic E-state index is 0.526. The van der Waals surface area contributed by atoms with Gasteiger partial charge < -0.3 is 18.4 Å². The van der Waals surface area contributed by atoms with Crippen molar-refractivity contribution in [2.75, 3.05) is 9.80 Å². The highest BCUT2D eigenvalue weighted by Crippen LogP contribution is 2.45. The van der Waals surface area contributed by atoms with Crippen LogP contribution in [0.4, 0.5) is 34.4 Å². The van der Waals surface area contributed by atoms with Crippen molar-refractivity contribution in [2.24, 2.45) is 0 Å². The zero-order chi connectivity index (χ0) is 52.7. The summed E-state index contributed by atoms with van der Waals surface area (Å²) in [6.45, 7) is 0. The average molecular weight is 1050 g/mol. The highest BCUT2D eigenvalue weighted by Gasteiger charge is 2.27. The molecule has 0 aliphatic carbocycles. The molecular formula is C68H45N11S. The van der Waals surface area contributed by atoms with Gasteiger partial charge in [-0.2, -0.15) is 9.97 Å². The smallest absolute Gasteiger partial charge is 0.238 e. The maximum absolute atomic E-state index is 5.64. The summed E-state index contributed by atoms with van der Waals surface area (Å²) in [5.74, 6) is 0.526. The van der Waals surface area contributed by atoms with E-state index in [0.29, 0.717) is 17.2 Å². The zero-order valence-electron chi connectivity index (χ0n) is 42.8. The molecule has 0 saturated heterocycles. The molecule has 0 amide bonds. The highest BCUT2D eigenvalue weighted by molar-refractivity contribution is 7.24. The molecule has 0 radical (unpaired) electrons. The monoisotopic (exact) mass is 1050 g/mol. The Bertz CT molecular complexity index is 4970. The fraction of sp³-hybridized carbons (Fsp3) is 0. The lowest BCUT2D eigenvalue weighted by Gasteiger charge is -2.29. The van der Waals surface area contributed by atoms with Crippen molar-refractivity contribution in [3.05, 3.63) is 273 Å². The molecule has 378 valence electrons. The summed E-state index contributed by atoms with van der Waals surface area (Å²) in [6.07, 6.45) is 3.54. The second kappa shape index (κ2) is 18.4. The number of fused-ring (bicyclic) bond motifs is 8. The van der Waals surface area contributed by atoms with Gasteiger partial charge in [0.25, 0.3) is 0 Å². The van der Waals surface area contributed by atoms with Crippen LogP contribution in [-0.4, -0.2) is 42.4 Å². The van der Waals surface area contributed by atoms with Crippen LogP contribution in [0.3, 0.4) is 0 Å². The van der Waals surface area contributed by atoms with Crippen molar-refractivity contribution in [2.45, 2.75) is 0 Å². The van der Waals surface area contributed by atoms with Crippen LogP contribution in [0.5, 0.6) is 0 Å². The quantitative estimate of drug-likeness (QED) is 0.106. The van der Waals surface area contributed by atoms with Crippen LogP contribution in [0.2, 0.25) is 0 Å². The molecule has 0 atom stereocenters. The lowest BCUT2D eigenvalue weighted by molar-refractivity contribution is 1.02. The van der Waals surface area contributed by atoms with Crippen molar-refractivity contribution in [1.82, 2.24) is 42.4 Å². The summed E-state index contributed by atoms with van der Waals surface area (Å²) >= 11 is 1.66. The summed E-state index contributed by atoms with van der Waals surface area (Å²) in [6, 6.07) is 92.0. The number of rotatable bonds is 9. The Morgan fingerprint density at radius 1 is 0.325 bits per heavy atom. The summed E-state index contributed by atoms with van der Waals surface area (Å²) in [5.41, 5.74) is 19.2. The van der Waals surface area contributed by atoms with Crippen LogP contribution in [0.1, 0.15) is 0 Å². The number of nitrogens with zero attached hydrogens (tertiary/aromatic N) is 11. The lowest BCUT2D eigenvalue weighted by atomic mass is 10.1. The first-order chi connectivity index (χ1) is 39.7. The molecule has 0 aliphatic heterocycles. The SMILES string of the molecule is c1ccc(N(c2ccccc2)c2cc3c4c(c2)n(-c2ccccc2)c2cc5sc6nc(N(c7ccccc7)c7ccccc7)nc7c6n(c5cc2n4c2ccccc2n3-c2ccccc2)c2cncnc2n7-c2ccccc2)cc1. The molecule has 16 aromatic rings. The molecular weight excluding hydrogens is 1000 g/mol. The molecule has 0 N–H and O–H groups in total. The number of benzene rings is 10. The first kappa shape index (κ1) is 45.4. The predicted octanol–water partition coefficient (Wildman–Crippen LogP) is 17.2. The number of hydrogen-bond donors (Lipinski definition) is 0. The van der Waals surface area contributed by atoms with E-state index in [4.69, 9.17) is 19.9 Å². The fourth-order valence-corrected chi connectivity index (χ4v) is 12.8. The summed E-state index contributed by atoms with van der Waals surface area (Å²) in [4.78, 5) is 26.4. The van der Waals surface area contributed by atoms with Crippen LogP contribution in [0.25, 0.3) is 93.1 Å². The van der Waals surface area contributed by atoms with Gasteiger partial charge in [0.05, 0.1) is 60.7 Å². The third-order valence-corrected chi connectivity index (χ3v) is 16.1. The number of para-hydroxylation sites is 9. The Hall–Kier alpha value is -10.8. The Kier molecular flexibility index (Phi) is 10.5. The molecule has 0 fully saturated rings. The topological polar surface area (TPSA) is 81.7 Å². The van der Waals surface area contributed by atoms with Crippen LogP contribution >= 0.6 is 11.3 Å². The van der Waals surface area contributed by atoms with Crippen molar-refractivity contribution >= 4 is 122 Å². The predicted molar refractivity (Wildman–Crippen MR) is 327 cm³/mol. The van der Waals surface area contributed by atoms with Crippen LogP contribution in [0.15, 0.2) is 273 Å². The largest absolute Gasteiger partial charge is 0.310 e. The van der Waals surface area contributed by atoms with Crippen LogP contribution < -0.4 is 9.80 Å². The molecule has 6 heterocycles. The maximum Gasteiger partial charge on any atom is 0.238 e. The van der Waals surface area contributed by atoms with Gasteiger partial charge in [0.2, 0.25) is 5.95 Å². The van der Waals surface area contributed by atoms with E-state index in [2.05, 4.69) is 275 Å². The minimum atomic E-state index is 0.526. The van der Waals surface area contributed by atoms with Gasteiger partial charge in [0, 0.05) is 39.8 Å². The molecule has 6 aromatic heterocycles. The number of aromatic nitrogens is 9. The molecule has 0 unspecified atom stereocenters. The van der Waals surface area contributed by atoms with Crippen molar-refractivity contribution in [3.8, 4) is 17.1 Å². The zero-order valence-corrected chi connectivity index (χ0v) is 43.6. The minimum Gasteiger partial charge on any atom is -0.310 e. The molecule has 11 nitrogen and oxygen atoms in total. The standard InChI is InChI=1S/C68H45N11S/c1-8-24-46(25-9-1)73(47-26-10-2-11-27-47)53-40-59-63-60(41-53)76(51-34-18-6-19-35-51)57-43-62-58(42-56(57)78(63)55-39-23-22-38-54(55)75(59)50-32-16-5-17-33-50)79-61-44-69-45-70-65(61)77(52-36-20-7-21-37-52)66-64(79)67(80-62)72-68(71-66)74(48-28-12-3-13-29-48)49-30-14-4-15-31-49/h1-45H. The number of hydrogen-bond acceptors (Lipinski definition) is 7. The summed E-state index contributed by atoms with van der Waals surface area (Å²) in [7, 11) is 0. The normalized spacial score (nSPS) is 11.8. The Labute approximate surface area is 461 Å². The third kappa shape index (κ3) is 7.13. The van der Waals surface area contributed by atoms with Crippen LogP contribution in [-0.2, 0) is 0 Å². The molecule has 12 heteroatoms. The molecule has 0 saturated carbocycles. The van der Waals surface area contributed by atoms with Gasteiger partial charge in [-0.15, -0.1) is 11.3 Å². The van der Waals surface area contributed by atoms with E-state index >= 15 is 0 Å². The molecule has 0 spiro atoms. The van der Waals surface area contributed by atoms with E-state index in [1.807, 2.05) is 24.4 Å². The Morgan fingerprint density at radius 2 is 0.787 bits per heavy atom. The van der Waals surface area contributed by atoms with Gasteiger partial charge in [0.15, 0.2) is 11.3 Å². The second-order valence-electron chi connectivity index (χ2n) is 19.7. The van der Waals surface area contributed by atoms with E-state index in [9.17, 15) is 0 Å². The first-order valence-electron chi connectivity index (χ1n) is 26.5. The second-order valence-corrected chi connectivity index (χ2v) is 20.7. The van der Waals surface area contributed by atoms with Gasteiger partial charge in [-0.1, -0.05) is 140 Å². The van der Waals surface area contributed by atoms with Gasteiger partial charge in [-0.25, -0.2) is 9.97 Å². The van der Waals surface area contributed by atoms with E-state index < -0.39 is 0 Å². The van der Waals surface area contributed by atoms with Crippen molar-refractivity contribution in [1.29, 1.82) is 0 Å². The van der Waals surface area contributed by atoms with E-state index in [-0.39, 0.29) is 0 Å². The van der Waals surface area contributed by atoms with E-state index in [1.54, 1.807) is 17.7 Å². The molecule has 16 rings (SSSR count). The molecule has 80 heavy (non-hydrogen) atoms. The lowest BCUT2D eigenvalue weighted by Crippen LogP contribution is -2.16. The van der Waals surface area contributed by atoms with Gasteiger partial charge in [0.1, 0.15) is 22.2 Å². The fourth-order valence-electron chi connectivity index (χ4n) is 11.7. The van der Waals surface area contributed by atoms with E-state index in [1.165, 1.54) is 0 Å². The van der Waals surface area contributed by atoms with Gasteiger partial charge in [-0.3, -0.25) is 13.9 Å².